The molecule has 0 atom stereocenters. The van der Waals surface area contributed by atoms with Gasteiger partial charge in [0, 0.05) is 18.0 Å². The molecule has 0 fully saturated rings. The van der Waals surface area contributed by atoms with Crippen molar-refractivity contribution in [2.75, 3.05) is 11.7 Å². The molecule has 6 nitrogen and oxygen atoms in total. The van der Waals surface area contributed by atoms with Crippen molar-refractivity contribution in [3.63, 3.8) is 0 Å². The number of benzene rings is 2. The Labute approximate surface area is 171 Å². The number of fused-ring (bicyclic) bond motifs is 2. The van der Waals surface area contributed by atoms with E-state index >= 15 is 0 Å². The molecule has 29 heavy (non-hydrogen) atoms. The van der Waals surface area contributed by atoms with Gasteiger partial charge in [0.1, 0.15) is 0 Å². The van der Waals surface area contributed by atoms with E-state index in [9.17, 15) is 4.79 Å². The van der Waals surface area contributed by atoms with Gasteiger partial charge in [-0.25, -0.2) is 4.98 Å². The van der Waals surface area contributed by atoms with E-state index in [0.717, 1.165) is 21.3 Å². The number of carbonyl (C=O) groups is 1. The van der Waals surface area contributed by atoms with Crippen molar-refractivity contribution in [1.29, 1.82) is 0 Å². The normalized spacial score (nSPS) is 12.3. The molecule has 0 aliphatic carbocycles. The Bertz CT molecular complexity index is 1210. The summed E-state index contributed by atoms with van der Waals surface area (Å²) in [4.78, 5) is 24.1. The van der Waals surface area contributed by atoms with Crippen molar-refractivity contribution in [1.82, 2.24) is 9.97 Å². The largest absolute Gasteiger partial charge is 0.454 e. The number of carbonyl (C=O) groups excluding carboxylic acids is 1. The summed E-state index contributed by atoms with van der Waals surface area (Å²) < 4.78 is 11.9. The number of aromatic nitrogens is 2. The van der Waals surface area contributed by atoms with Gasteiger partial charge in [0.2, 0.25) is 6.79 Å². The van der Waals surface area contributed by atoms with Gasteiger partial charge in [-0.05, 0) is 48.4 Å². The maximum Gasteiger partial charge on any atom is 0.260 e. The highest BCUT2D eigenvalue weighted by atomic mass is 32.1. The van der Waals surface area contributed by atoms with E-state index in [2.05, 4.69) is 4.98 Å². The van der Waals surface area contributed by atoms with Gasteiger partial charge in [0.15, 0.2) is 16.6 Å². The molecule has 1 amide bonds. The Kier molecular flexibility index (Phi) is 4.37. The van der Waals surface area contributed by atoms with Crippen molar-refractivity contribution in [2.24, 2.45) is 0 Å². The summed E-state index contributed by atoms with van der Waals surface area (Å²) in [6.45, 7) is 2.57. The molecule has 5 rings (SSSR count). The number of aryl methyl sites for hydroxylation is 1. The van der Waals surface area contributed by atoms with E-state index in [1.807, 2.05) is 37.3 Å². The number of hydrogen-bond acceptors (Lipinski definition) is 6. The lowest BCUT2D eigenvalue weighted by molar-refractivity contribution is 0.0984. The second-order valence-electron chi connectivity index (χ2n) is 6.74. The first-order valence-corrected chi connectivity index (χ1v) is 9.97. The Morgan fingerprint density at radius 1 is 1.14 bits per heavy atom. The van der Waals surface area contributed by atoms with E-state index in [4.69, 9.17) is 14.5 Å². The fourth-order valence-electron chi connectivity index (χ4n) is 3.28. The van der Waals surface area contributed by atoms with Crippen LogP contribution in [0.5, 0.6) is 11.5 Å². The average molecular weight is 403 g/mol. The zero-order valence-electron chi connectivity index (χ0n) is 15.7. The Morgan fingerprint density at radius 3 is 2.86 bits per heavy atom. The van der Waals surface area contributed by atoms with Crippen LogP contribution in [0, 0.1) is 6.92 Å². The predicted molar refractivity (Wildman–Crippen MR) is 112 cm³/mol. The van der Waals surface area contributed by atoms with Crippen LogP contribution in [0.1, 0.15) is 21.5 Å². The SMILES string of the molecule is Cc1cccc2sc(N(Cc3cccnc3)C(=O)c3ccc4c(c3)OCO4)nc12. The number of rotatable bonds is 4. The quantitative estimate of drug-likeness (QED) is 0.499. The zero-order chi connectivity index (χ0) is 19.8. The first-order chi connectivity index (χ1) is 14.2. The second-order valence-corrected chi connectivity index (χ2v) is 7.75. The number of anilines is 1. The number of hydrogen-bond donors (Lipinski definition) is 0. The Balaban J connectivity index is 1.57. The number of thiazole rings is 1. The molecule has 0 bridgehead atoms. The van der Waals surface area contributed by atoms with Gasteiger partial charge in [-0.1, -0.05) is 29.5 Å². The fraction of sp³-hybridized carbons (Fsp3) is 0.136. The third-order valence-corrected chi connectivity index (χ3v) is 5.81. The smallest absolute Gasteiger partial charge is 0.260 e. The second kappa shape index (κ2) is 7.18. The number of nitrogens with zero attached hydrogens (tertiary/aromatic N) is 3. The van der Waals surface area contributed by atoms with E-state index in [-0.39, 0.29) is 12.7 Å². The highest BCUT2D eigenvalue weighted by Crippen LogP contribution is 2.35. The number of para-hydroxylation sites is 1. The summed E-state index contributed by atoms with van der Waals surface area (Å²) in [5, 5.41) is 0.654. The molecule has 4 aromatic rings. The molecule has 3 heterocycles. The van der Waals surface area contributed by atoms with Crippen LogP contribution in [-0.2, 0) is 6.54 Å². The minimum Gasteiger partial charge on any atom is -0.454 e. The molecule has 0 radical (unpaired) electrons. The van der Waals surface area contributed by atoms with Crippen LogP contribution < -0.4 is 14.4 Å². The summed E-state index contributed by atoms with van der Waals surface area (Å²) in [5.74, 6) is 1.08. The summed E-state index contributed by atoms with van der Waals surface area (Å²) in [6, 6.07) is 15.1. The van der Waals surface area contributed by atoms with Crippen LogP contribution in [0.3, 0.4) is 0 Å². The van der Waals surface area contributed by atoms with Gasteiger partial charge in [0.05, 0.1) is 16.8 Å². The molecule has 0 spiro atoms. The molecular weight excluding hydrogens is 386 g/mol. The van der Waals surface area contributed by atoms with Crippen LogP contribution in [0.4, 0.5) is 5.13 Å². The molecule has 7 heteroatoms. The molecule has 144 valence electrons. The van der Waals surface area contributed by atoms with E-state index in [1.54, 1.807) is 35.5 Å². The van der Waals surface area contributed by atoms with Crippen molar-refractivity contribution in [3.05, 3.63) is 77.6 Å². The summed E-state index contributed by atoms with van der Waals surface area (Å²) >= 11 is 1.50. The van der Waals surface area contributed by atoms with Crippen LogP contribution in [0.2, 0.25) is 0 Å². The highest BCUT2D eigenvalue weighted by molar-refractivity contribution is 7.22. The van der Waals surface area contributed by atoms with E-state index in [1.165, 1.54) is 11.3 Å². The van der Waals surface area contributed by atoms with Gasteiger partial charge >= 0.3 is 0 Å². The van der Waals surface area contributed by atoms with Gasteiger partial charge in [0.25, 0.3) is 5.91 Å². The van der Waals surface area contributed by atoms with Crippen LogP contribution in [0.25, 0.3) is 10.2 Å². The predicted octanol–water partition coefficient (Wildman–Crippen LogP) is 4.58. The monoisotopic (exact) mass is 403 g/mol. The number of amides is 1. The molecular formula is C22H17N3O3S. The molecule has 2 aromatic heterocycles. The molecule has 0 saturated heterocycles. The molecule has 1 aliphatic heterocycles. The van der Waals surface area contributed by atoms with Crippen LogP contribution >= 0.6 is 11.3 Å². The summed E-state index contributed by atoms with van der Waals surface area (Å²) in [7, 11) is 0. The van der Waals surface area contributed by atoms with Crippen molar-refractivity contribution in [3.8, 4) is 11.5 Å². The average Bonchev–Trinajstić information content (AvgIpc) is 3.39. The zero-order valence-corrected chi connectivity index (χ0v) is 16.5. The third kappa shape index (κ3) is 3.30. The van der Waals surface area contributed by atoms with E-state index in [0.29, 0.717) is 28.7 Å². The van der Waals surface area contributed by atoms with Crippen LogP contribution in [-0.4, -0.2) is 22.7 Å². The standard InChI is InChI=1S/C22H17N3O3S/c1-14-4-2-6-19-20(14)24-22(29-19)25(12-15-5-3-9-23-11-15)21(26)16-7-8-17-18(10-16)28-13-27-17/h2-11H,12-13H2,1H3. The number of ether oxygens (including phenoxy) is 2. The lowest BCUT2D eigenvalue weighted by atomic mass is 10.1. The topological polar surface area (TPSA) is 64.6 Å². The molecule has 0 unspecified atom stereocenters. The Morgan fingerprint density at radius 2 is 2.03 bits per heavy atom. The van der Waals surface area contributed by atoms with Crippen molar-refractivity contribution in [2.45, 2.75) is 13.5 Å². The molecule has 0 saturated carbocycles. The van der Waals surface area contributed by atoms with Gasteiger partial charge in [-0.2, -0.15) is 0 Å². The summed E-state index contributed by atoms with van der Waals surface area (Å²) in [5.41, 5.74) is 3.45. The van der Waals surface area contributed by atoms with Gasteiger partial charge in [-0.15, -0.1) is 0 Å². The first-order valence-electron chi connectivity index (χ1n) is 9.15. The molecule has 1 aliphatic rings. The first kappa shape index (κ1) is 17.6. The minimum absolute atomic E-state index is 0.149. The third-order valence-electron chi connectivity index (χ3n) is 4.77. The van der Waals surface area contributed by atoms with Crippen molar-refractivity contribution < 1.29 is 14.3 Å². The fourth-order valence-corrected chi connectivity index (χ4v) is 4.32. The van der Waals surface area contributed by atoms with Crippen molar-refractivity contribution >= 4 is 32.6 Å². The lowest BCUT2D eigenvalue weighted by Gasteiger charge is -2.20. The lowest BCUT2D eigenvalue weighted by Crippen LogP contribution is -2.30. The van der Waals surface area contributed by atoms with Gasteiger partial charge in [-0.3, -0.25) is 14.7 Å². The van der Waals surface area contributed by atoms with Gasteiger partial charge < -0.3 is 9.47 Å². The minimum atomic E-state index is -0.149. The Hall–Kier alpha value is -3.45. The molecule has 2 aromatic carbocycles. The maximum atomic E-state index is 13.5. The van der Waals surface area contributed by atoms with E-state index < -0.39 is 0 Å². The van der Waals surface area contributed by atoms with Crippen LogP contribution in [0.15, 0.2) is 60.9 Å². The number of pyridine rings is 1. The highest BCUT2D eigenvalue weighted by Gasteiger charge is 2.24. The maximum absolute atomic E-state index is 13.5. The molecule has 0 N–H and O–H groups in total. The summed E-state index contributed by atoms with van der Waals surface area (Å²) in [6.07, 6.45) is 3.48.